The normalized spacial score (nSPS) is 14.1. The van der Waals surface area contributed by atoms with Gasteiger partial charge in [-0.15, -0.1) is 0 Å². The number of nitrogens with zero attached hydrogens (tertiary/aromatic N) is 1. The van der Waals surface area contributed by atoms with Crippen molar-refractivity contribution in [3.05, 3.63) is 23.8 Å². The van der Waals surface area contributed by atoms with E-state index in [1.165, 1.54) is 12.8 Å². The number of aryl methyl sites for hydroxylation is 1. The predicted octanol–water partition coefficient (Wildman–Crippen LogP) is 2.23. The molecule has 0 unspecified atom stereocenters. The highest BCUT2D eigenvalue weighted by Crippen LogP contribution is 2.32. The fourth-order valence-electron chi connectivity index (χ4n) is 2.15. The van der Waals surface area contributed by atoms with Crippen molar-refractivity contribution in [2.45, 2.75) is 26.2 Å². The quantitative estimate of drug-likeness (QED) is 0.844. The Bertz CT molecular complexity index is 536. The average molecular weight is 289 g/mol. The number of hydrogen-bond donors (Lipinski definition) is 2. The van der Waals surface area contributed by atoms with Crippen LogP contribution in [0.15, 0.2) is 18.2 Å². The van der Waals surface area contributed by atoms with Crippen LogP contribution in [0, 0.1) is 12.8 Å². The van der Waals surface area contributed by atoms with E-state index in [2.05, 4.69) is 10.6 Å². The smallest absolute Gasteiger partial charge is 0.238 e. The molecular formula is C16H23N3O2. The van der Waals surface area contributed by atoms with E-state index in [-0.39, 0.29) is 11.8 Å². The molecule has 2 N–H and O–H groups in total. The summed E-state index contributed by atoms with van der Waals surface area (Å²) in [6, 6.07) is 5.54. The molecule has 0 spiro atoms. The van der Waals surface area contributed by atoms with Crippen molar-refractivity contribution in [1.29, 1.82) is 0 Å². The number of likely N-dealkylation sites (N-methyl/N-ethyl adjacent to an activating group) is 1. The molecule has 1 aromatic rings. The minimum Gasteiger partial charge on any atom is -0.326 e. The maximum atomic E-state index is 11.8. The summed E-state index contributed by atoms with van der Waals surface area (Å²) in [4.78, 5) is 25.3. The zero-order valence-electron chi connectivity index (χ0n) is 12.9. The Morgan fingerprint density at radius 1 is 1.19 bits per heavy atom. The van der Waals surface area contributed by atoms with Crippen LogP contribution in [0.4, 0.5) is 11.4 Å². The molecule has 1 aliphatic carbocycles. The summed E-state index contributed by atoms with van der Waals surface area (Å²) in [6.45, 7) is 2.27. The molecule has 1 fully saturated rings. The predicted molar refractivity (Wildman–Crippen MR) is 84.3 cm³/mol. The number of hydrogen-bond acceptors (Lipinski definition) is 3. The number of anilines is 2. The summed E-state index contributed by atoms with van der Waals surface area (Å²) in [7, 11) is 3.70. The highest BCUT2D eigenvalue weighted by molar-refractivity contribution is 5.94. The van der Waals surface area contributed by atoms with E-state index in [9.17, 15) is 9.59 Å². The topological polar surface area (TPSA) is 61.4 Å². The third kappa shape index (κ3) is 5.19. The van der Waals surface area contributed by atoms with Gasteiger partial charge in [-0.25, -0.2) is 0 Å². The first-order valence-corrected chi connectivity index (χ1v) is 7.29. The lowest BCUT2D eigenvalue weighted by Crippen LogP contribution is -2.27. The van der Waals surface area contributed by atoms with E-state index < -0.39 is 0 Å². The molecule has 21 heavy (non-hydrogen) atoms. The molecule has 0 atom stereocenters. The van der Waals surface area contributed by atoms with Gasteiger partial charge < -0.3 is 15.5 Å². The van der Waals surface area contributed by atoms with Crippen LogP contribution in [0.2, 0.25) is 0 Å². The molecule has 2 rings (SSSR count). The Morgan fingerprint density at radius 2 is 1.90 bits per heavy atom. The van der Waals surface area contributed by atoms with Crippen LogP contribution in [0.5, 0.6) is 0 Å². The number of carbonyl (C=O) groups is 2. The van der Waals surface area contributed by atoms with E-state index in [1.54, 1.807) is 0 Å². The summed E-state index contributed by atoms with van der Waals surface area (Å²) in [5.41, 5.74) is 2.50. The second-order valence-electron chi connectivity index (χ2n) is 6.01. The molecule has 1 aliphatic rings. The molecule has 0 saturated heterocycles. The third-order valence-corrected chi connectivity index (χ3v) is 3.42. The van der Waals surface area contributed by atoms with Crippen LogP contribution in [-0.2, 0) is 9.59 Å². The largest absolute Gasteiger partial charge is 0.326 e. The molecular weight excluding hydrogens is 266 g/mol. The maximum absolute atomic E-state index is 11.8. The minimum atomic E-state index is -0.0476. The number of benzene rings is 1. The molecule has 5 heteroatoms. The van der Waals surface area contributed by atoms with Crippen molar-refractivity contribution >= 4 is 23.2 Å². The molecule has 114 valence electrons. The third-order valence-electron chi connectivity index (χ3n) is 3.42. The Kier molecular flexibility index (Phi) is 4.96. The molecule has 0 aromatic heterocycles. The second kappa shape index (κ2) is 6.72. The molecule has 0 aliphatic heterocycles. The van der Waals surface area contributed by atoms with Gasteiger partial charge in [0.05, 0.1) is 6.54 Å². The van der Waals surface area contributed by atoms with E-state index in [1.807, 2.05) is 44.1 Å². The van der Waals surface area contributed by atoms with Crippen LogP contribution in [0.25, 0.3) is 0 Å². The number of rotatable bonds is 6. The summed E-state index contributed by atoms with van der Waals surface area (Å²) in [6.07, 6.45) is 2.95. The van der Waals surface area contributed by atoms with Crippen LogP contribution in [-0.4, -0.2) is 37.4 Å². The van der Waals surface area contributed by atoms with Gasteiger partial charge in [-0.05, 0) is 63.5 Å². The second-order valence-corrected chi connectivity index (χ2v) is 6.01. The lowest BCUT2D eigenvalue weighted by atomic mass is 10.1. The highest BCUT2D eigenvalue weighted by Gasteiger charge is 2.24. The van der Waals surface area contributed by atoms with Crippen molar-refractivity contribution < 1.29 is 9.59 Å². The molecule has 0 heterocycles. The van der Waals surface area contributed by atoms with Gasteiger partial charge in [0.15, 0.2) is 0 Å². The molecule has 1 aromatic carbocycles. The van der Waals surface area contributed by atoms with Gasteiger partial charge in [-0.1, -0.05) is 0 Å². The van der Waals surface area contributed by atoms with Gasteiger partial charge in [0.2, 0.25) is 11.8 Å². The fourth-order valence-corrected chi connectivity index (χ4v) is 2.15. The SMILES string of the molecule is Cc1cc(NC(=O)CC2CC2)ccc1NC(=O)CN(C)C. The minimum absolute atomic E-state index is 0.0476. The van der Waals surface area contributed by atoms with Gasteiger partial charge in [0, 0.05) is 17.8 Å². The number of amides is 2. The lowest BCUT2D eigenvalue weighted by Gasteiger charge is -2.13. The Morgan fingerprint density at radius 3 is 2.48 bits per heavy atom. The van der Waals surface area contributed by atoms with Crippen molar-refractivity contribution in [3.63, 3.8) is 0 Å². The first-order chi connectivity index (χ1) is 9.94. The van der Waals surface area contributed by atoms with Gasteiger partial charge in [0.25, 0.3) is 0 Å². The van der Waals surface area contributed by atoms with Crippen molar-refractivity contribution in [1.82, 2.24) is 4.90 Å². The van der Waals surface area contributed by atoms with E-state index in [0.29, 0.717) is 18.9 Å². The summed E-state index contributed by atoms with van der Waals surface area (Å²) in [5.74, 6) is 0.602. The van der Waals surface area contributed by atoms with Gasteiger partial charge in [-0.3, -0.25) is 9.59 Å². The Hall–Kier alpha value is -1.88. The molecule has 5 nitrogen and oxygen atoms in total. The van der Waals surface area contributed by atoms with E-state index in [0.717, 1.165) is 16.9 Å². The van der Waals surface area contributed by atoms with Gasteiger partial charge in [-0.2, -0.15) is 0 Å². The van der Waals surface area contributed by atoms with Crippen molar-refractivity contribution in [2.24, 2.45) is 5.92 Å². The molecule has 0 radical (unpaired) electrons. The molecule has 1 saturated carbocycles. The van der Waals surface area contributed by atoms with Gasteiger partial charge in [0.1, 0.15) is 0 Å². The Balaban J connectivity index is 1.93. The highest BCUT2D eigenvalue weighted by atomic mass is 16.2. The van der Waals surface area contributed by atoms with Crippen LogP contribution in [0.1, 0.15) is 24.8 Å². The van der Waals surface area contributed by atoms with Crippen LogP contribution in [0.3, 0.4) is 0 Å². The monoisotopic (exact) mass is 289 g/mol. The van der Waals surface area contributed by atoms with Crippen LogP contribution < -0.4 is 10.6 Å². The summed E-state index contributed by atoms with van der Waals surface area (Å²) >= 11 is 0. The zero-order valence-corrected chi connectivity index (χ0v) is 12.9. The van der Waals surface area contributed by atoms with Crippen molar-refractivity contribution in [3.8, 4) is 0 Å². The Labute approximate surface area is 125 Å². The summed E-state index contributed by atoms with van der Waals surface area (Å²) in [5, 5.41) is 5.78. The van der Waals surface area contributed by atoms with Gasteiger partial charge >= 0.3 is 0 Å². The van der Waals surface area contributed by atoms with E-state index >= 15 is 0 Å². The van der Waals surface area contributed by atoms with E-state index in [4.69, 9.17) is 0 Å². The number of nitrogens with one attached hydrogen (secondary N) is 2. The maximum Gasteiger partial charge on any atom is 0.238 e. The standard InChI is InChI=1S/C16H23N3O2/c1-11-8-13(17-15(20)9-12-4-5-12)6-7-14(11)18-16(21)10-19(2)3/h6-8,12H,4-5,9-10H2,1-3H3,(H,17,20)(H,18,21). The average Bonchev–Trinajstić information content (AvgIpc) is 3.15. The summed E-state index contributed by atoms with van der Waals surface area (Å²) < 4.78 is 0. The lowest BCUT2D eigenvalue weighted by molar-refractivity contribution is -0.117. The van der Waals surface area contributed by atoms with Crippen molar-refractivity contribution in [2.75, 3.05) is 31.3 Å². The molecule has 0 bridgehead atoms. The first kappa shape index (κ1) is 15.5. The first-order valence-electron chi connectivity index (χ1n) is 7.29. The van der Waals surface area contributed by atoms with Crippen LogP contribution >= 0.6 is 0 Å². The zero-order chi connectivity index (χ0) is 15.4. The molecule has 2 amide bonds. The fraction of sp³-hybridized carbons (Fsp3) is 0.500. The number of carbonyl (C=O) groups excluding carboxylic acids is 2.